The number of hydrogen-bond donors (Lipinski definition) is 0. The van der Waals surface area contributed by atoms with E-state index in [1.54, 1.807) is 6.08 Å². The number of thiophene rings is 1. The molecule has 10 aromatic carbocycles. The lowest BCUT2D eigenvalue weighted by atomic mass is 9.82. The van der Waals surface area contributed by atoms with Gasteiger partial charge in [0, 0.05) is 82.8 Å². The van der Waals surface area contributed by atoms with E-state index in [0.29, 0.717) is 0 Å². The van der Waals surface area contributed by atoms with Crippen LogP contribution in [-0.2, 0) is 5.41 Å². The average molecular weight is 1060 g/mol. The van der Waals surface area contributed by atoms with Crippen molar-refractivity contribution in [2.24, 2.45) is 0 Å². The second-order valence-corrected chi connectivity index (χ2v) is 21.1. The van der Waals surface area contributed by atoms with Crippen LogP contribution in [0.4, 0.5) is 28.4 Å². The molecule has 394 valence electrons. The molecule has 0 fully saturated rings. The lowest BCUT2D eigenvalue weighted by Crippen LogP contribution is -2.14. The third-order valence-corrected chi connectivity index (χ3v) is 16.2. The van der Waals surface area contributed by atoms with E-state index in [2.05, 4.69) is 275 Å². The van der Waals surface area contributed by atoms with Gasteiger partial charge in [-0.05, 0) is 149 Å². The number of allylic oxidation sites excluding steroid dienone is 8. The van der Waals surface area contributed by atoms with E-state index in [9.17, 15) is 0 Å². The molecule has 13 rings (SSSR count). The minimum atomic E-state index is 0.111. The molecule has 0 unspecified atom stereocenters. The van der Waals surface area contributed by atoms with Crippen LogP contribution in [0.5, 0.6) is 0 Å². The molecule has 80 heavy (non-hydrogen) atoms. The Balaban J connectivity index is 0.000000263. The fourth-order valence-corrected chi connectivity index (χ4v) is 12.4. The third kappa shape index (κ3) is 10.6. The Morgan fingerprint density at radius 3 is 1.80 bits per heavy atom. The maximum absolute atomic E-state index is 6.41. The van der Waals surface area contributed by atoms with Crippen LogP contribution in [0.25, 0.3) is 80.7 Å². The summed E-state index contributed by atoms with van der Waals surface area (Å²) in [5.74, 6) is 0. The van der Waals surface area contributed by atoms with Crippen molar-refractivity contribution < 1.29 is 4.42 Å². The van der Waals surface area contributed by atoms with Crippen LogP contribution in [0.1, 0.15) is 52.7 Å². The van der Waals surface area contributed by atoms with Crippen molar-refractivity contribution in [1.82, 2.24) is 0 Å². The summed E-state index contributed by atoms with van der Waals surface area (Å²) in [6.45, 7) is 19.9. The number of hydrogen-bond acceptors (Lipinski definition) is 4. The Morgan fingerprint density at radius 2 is 1.09 bits per heavy atom. The lowest BCUT2D eigenvalue weighted by molar-refractivity contribution is 0.659. The molecule has 3 nitrogen and oxygen atoms in total. The van der Waals surface area contributed by atoms with Crippen molar-refractivity contribution in [2.75, 3.05) is 16.8 Å². The molecular weight excluding hydrogens is 989 g/mol. The highest BCUT2D eigenvalue weighted by Gasteiger charge is 2.36. The molecule has 0 saturated heterocycles. The van der Waals surface area contributed by atoms with Gasteiger partial charge in [-0.2, -0.15) is 0 Å². The quantitative estimate of drug-likeness (QED) is 0.134. The van der Waals surface area contributed by atoms with Gasteiger partial charge in [0.25, 0.3) is 0 Å². The van der Waals surface area contributed by atoms with Gasteiger partial charge in [-0.3, -0.25) is 0 Å². The number of benzene rings is 10. The zero-order valence-corrected chi connectivity index (χ0v) is 47.8. The van der Waals surface area contributed by atoms with Gasteiger partial charge in [0.05, 0.1) is 0 Å². The van der Waals surface area contributed by atoms with Crippen LogP contribution in [-0.4, -0.2) is 7.05 Å². The molecule has 2 aromatic heterocycles. The summed E-state index contributed by atoms with van der Waals surface area (Å²) >= 11 is 1.85. The van der Waals surface area contributed by atoms with E-state index in [0.717, 1.165) is 83.4 Å². The Bertz CT molecular complexity index is 4250. The maximum atomic E-state index is 6.41. The SMILES string of the molecule is C=C/C=C1\C(=C/C)C(C)(C)c2ccccc21.C=C/C=C\C.CC.CN(c1ccccc1)c1ccc(-c2ccc(N(c3ccccc3)c3ccc4c(c3)sc3ccccc34)cc2)cc1-c1ccc2c(ccc3c4ccccc4oc23)c1. The van der Waals surface area contributed by atoms with Crippen LogP contribution in [0.3, 0.4) is 0 Å². The molecule has 2 heterocycles. The Labute approximate surface area is 476 Å². The molecule has 0 N–H and O–H groups in total. The highest BCUT2D eigenvalue weighted by molar-refractivity contribution is 7.25. The molecule has 0 spiro atoms. The third-order valence-electron chi connectivity index (χ3n) is 15.0. The van der Waals surface area contributed by atoms with Crippen molar-refractivity contribution in [3.63, 3.8) is 0 Å². The van der Waals surface area contributed by atoms with Gasteiger partial charge in [-0.1, -0.05) is 211 Å². The number of nitrogens with zero attached hydrogens (tertiary/aromatic N) is 2. The molecule has 4 heteroatoms. The first-order valence-electron chi connectivity index (χ1n) is 27.7. The maximum Gasteiger partial charge on any atom is 0.143 e. The highest BCUT2D eigenvalue weighted by Crippen LogP contribution is 2.50. The van der Waals surface area contributed by atoms with Crippen molar-refractivity contribution in [3.8, 4) is 22.3 Å². The number of fused-ring (bicyclic) bond motifs is 9. The fourth-order valence-electron chi connectivity index (χ4n) is 11.2. The Kier molecular flexibility index (Phi) is 16.4. The number of para-hydroxylation sites is 3. The van der Waals surface area contributed by atoms with Crippen LogP contribution < -0.4 is 9.80 Å². The smallest absolute Gasteiger partial charge is 0.143 e. The summed E-state index contributed by atoms with van der Waals surface area (Å²) in [4.78, 5) is 4.63. The number of rotatable bonds is 9. The van der Waals surface area contributed by atoms with E-state index >= 15 is 0 Å². The van der Waals surface area contributed by atoms with Gasteiger partial charge >= 0.3 is 0 Å². The van der Waals surface area contributed by atoms with Crippen LogP contribution in [0, 0.1) is 0 Å². The lowest BCUT2D eigenvalue weighted by Gasteiger charge is -2.26. The first-order chi connectivity index (χ1) is 39.2. The van der Waals surface area contributed by atoms with E-state index in [1.165, 1.54) is 42.4 Å². The van der Waals surface area contributed by atoms with E-state index in [-0.39, 0.29) is 5.41 Å². The summed E-state index contributed by atoms with van der Waals surface area (Å²) in [5, 5.41) is 7.17. The number of anilines is 5. The van der Waals surface area contributed by atoms with Crippen LogP contribution >= 0.6 is 11.3 Å². The van der Waals surface area contributed by atoms with Gasteiger partial charge in [-0.15, -0.1) is 11.3 Å². The van der Waals surface area contributed by atoms with Gasteiger partial charge in [-0.25, -0.2) is 0 Å². The van der Waals surface area contributed by atoms with Gasteiger partial charge < -0.3 is 14.2 Å². The molecule has 0 aliphatic heterocycles. The molecule has 1 aliphatic carbocycles. The van der Waals surface area contributed by atoms with Gasteiger partial charge in [0.1, 0.15) is 11.2 Å². The van der Waals surface area contributed by atoms with Crippen molar-refractivity contribution >= 4 is 98.2 Å². The summed E-state index contributed by atoms with van der Waals surface area (Å²) in [7, 11) is 2.15. The van der Waals surface area contributed by atoms with Crippen molar-refractivity contribution in [3.05, 3.63) is 291 Å². The van der Waals surface area contributed by atoms with E-state index in [1.807, 2.05) is 62.5 Å². The predicted molar refractivity (Wildman–Crippen MR) is 352 cm³/mol. The van der Waals surface area contributed by atoms with E-state index < -0.39 is 0 Å². The first kappa shape index (κ1) is 54.1. The summed E-state index contributed by atoms with van der Waals surface area (Å²) in [6.07, 6.45) is 11.8. The Morgan fingerprint density at radius 1 is 0.487 bits per heavy atom. The molecule has 1 aliphatic rings. The van der Waals surface area contributed by atoms with E-state index in [4.69, 9.17) is 4.42 Å². The average Bonchev–Trinajstić information content (AvgIpc) is 4.34. The molecular formula is C76H68N2OS. The molecule has 0 saturated carbocycles. The topological polar surface area (TPSA) is 19.6 Å². The minimum Gasteiger partial charge on any atom is -0.455 e. The molecule has 12 aromatic rings. The molecule has 0 amide bonds. The normalized spacial score (nSPS) is 13.4. The van der Waals surface area contributed by atoms with Gasteiger partial charge in [0.15, 0.2) is 0 Å². The minimum absolute atomic E-state index is 0.111. The molecule has 0 bridgehead atoms. The summed E-state index contributed by atoms with van der Waals surface area (Å²) < 4.78 is 9.01. The summed E-state index contributed by atoms with van der Waals surface area (Å²) in [6, 6.07) is 80.7. The largest absolute Gasteiger partial charge is 0.455 e. The zero-order valence-electron chi connectivity index (χ0n) is 47.0. The fraction of sp³-hybridized carbons (Fsp3) is 0.105. The molecule has 0 radical (unpaired) electrons. The molecule has 0 atom stereocenters. The zero-order chi connectivity index (χ0) is 55.8. The van der Waals surface area contributed by atoms with Crippen molar-refractivity contribution in [1.29, 1.82) is 0 Å². The highest BCUT2D eigenvalue weighted by atomic mass is 32.1. The standard InChI is InChI=1S/C53H36N2OS.C16H18.C5H8.C2H6/c1-54(39-12-4-2-5-13-39)49-31-24-36(33-48(49)38-22-28-43-37(32-38)23-29-47-44-16-8-10-18-50(44)56-53(43)47)35-20-25-41(26-21-35)55(40-14-6-3-7-15-40)42-27-30-46-45-17-9-11-19-51(45)57-52(46)34-42;1-5-9-12-13-10-7-8-11-15(13)16(3,4)14(12)6-2;1-3-5-4-2;1-2/h2-34H,1H3;5-11H,1H2,2-4H3;3-5H,1H2,2H3;1-2H3/b;12-9-,14-6+;5-4-;. The Hall–Kier alpha value is -9.22. The summed E-state index contributed by atoms with van der Waals surface area (Å²) in [5.41, 5.74) is 17.7. The van der Waals surface area contributed by atoms with Gasteiger partial charge in [0.2, 0.25) is 0 Å². The van der Waals surface area contributed by atoms with Crippen LogP contribution in [0.15, 0.2) is 284 Å². The first-order valence-corrected chi connectivity index (χ1v) is 28.5. The van der Waals surface area contributed by atoms with Crippen LogP contribution in [0.2, 0.25) is 0 Å². The monoisotopic (exact) mass is 1060 g/mol. The number of furan rings is 1. The van der Waals surface area contributed by atoms with Crippen molar-refractivity contribution in [2.45, 2.75) is 47.0 Å². The predicted octanol–water partition coefficient (Wildman–Crippen LogP) is 22.9. The second-order valence-electron chi connectivity index (χ2n) is 20.0. The second kappa shape index (κ2) is 24.2.